The van der Waals surface area contributed by atoms with Crippen LogP contribution in [0.25, 0.3) is 0 Å². The molecule has 2 nitrogen and oxygen atoms in total. The second-order valence-corrected chi connectivity index (χ2v) is 3.54. The Kier molecular flexibility index (Phi) is 3.46. The Hall–Kier alpha value is -0.940. The van der Waals surface area contributed by atoms with Gasteiger partial charge < -0.3 is 10.8 Å². The van der Waals surface area contributed by atoms with E-state index in [0.29, 0.717) is 0 Å². The van der Waals surface area contributed by atoms with Gasteiger partial charge in [-0.15, -0.1) is 0 Å². The van der Waals surface area contributed by atoms with Crippen LogP contribution in [0.4, 0.5) is 13.2 Å². The zero-order valence-electron chi connectivity index (χ0n) is 7.55. The third-order valence-corrected chi connectivity index (χ3v) is 2.15. The standard InChI is InChI=1S/C9H9ClF3NO/c10-6-3-5(1-2-8(6)15)7(14)4-9(11,12)13/h1-3,7,15H,4,14H2/t7-/m1/s1. The van der Waals surface area contributed by atoms with Crippen molar-refractivity contribution >= 4 is 11.6 Å². The van der Waals surface area contributed by atoms with E-state index in [1.165, 1.54) is 18.2 Å². The van der Waals surface area contributed by atoms with Crippen LogP contribution in [0, 0.1) is 0 Å². The Bertz CT molecular complexity index is 354. The van der Waals surface area contributed by atoms with Gasteiger partial charge in [-0.1, -0.05) is 17.7 Å². The van der Waals surface area contributed by atoms with Crippen LogP contribution in [-0.4, -0.2) is 11.3 Å². The van der Waals surface area contributed by atoms with Crippen molar-refractivity contribution in [3.05, 3.63) is 28.8 Å². The van der Waals surface area contributed by atoms with Crippen molar-refractivity contribution in [3.8, 4) is 5.75 Å². The van der Waals surface area contributed by atoms with E-state index in [0.717, 1.165) is 0 Å². The SMILES string of the molecule is N[C@H](CC(F)(F)F)c1ccc(O)c(Cl)c1. The fourth-order valence-electron chi connectivity index (χ4n) is 1.12. The predicted octanol–water partition coefficient (Wildman–Crippen LogP) is 3.00. The normalized spacial score (nSPS) is 13.9. The zero-order valence-corrected chi connectivity index (χ0v) is 8.31. The van der Waals surface area contributed by atoms with Crippen LogP contribution in [0.5, 0.6) is 5.75 Å². The van der Waals surface area contributed by atoms with Gasteiger partial charge in [0.05, 0.1) is 11.4 Å². The van der Waals surface area contributed by atoms with Crippen LogP contribution in [0.15, 0.2) is 18.2 Å². The maximum atomic E-state index is 12.0. The average Bonchev–Trinajstić information content (AvgIpc) is 2.06. The molecule has 3 N–H and O–H groups in total. The second kappa shape index (κ2) is 4.28. The summed E-state index contributed by atoms with van der Waals surface area (Å²) in [7, 11) is 0. The average molecular weight is 240 g/mol. The summed E-state index contributed by atoms with van der Waals surface area (Å²) in [5.74, 6) is -0.181. The van der Waals surface area contributed by atoms with E-state index in [4.69, 9.17) is 22.4 Å². The molecule has 1 aromatic carbocycles. The largest absolute Gasteiger partial charge is 0.506 e. The van der Waals surface area contributed by atoms with Crippen LogP contribution in [-0.2, 0) is 0 Å². The minimum atomic E-state index is -4.32. The molecule has 0 aliphatic heterocycles. The molecular weight excluding hydrogens is 231 g/mol. The minimum absolute atomic E-state index is 0.00914. The Balaban J connectivity index is 2.83. The Labute approximate surface area is 89.5 Å². The number of phenols is 1. The molecule has 0 radical (unpaired) electrons. The Morgan fingerprint density at radius 1 is 1.40 bits per heavy atom. The molecule has 0 saturated heterocycles. The summed E-state index contributed by atoms with van der Waals surface area (Å²) < 4.78 is 36.0. The lowest BCUT2D eigenvalue weighted by molar-refractivity contribution is -0.138. The van der Waals surface area contributed by atoms with E-state index in [1.807, 2.05) is 0 Å². The van der Waals surface area contributed by atoms with Gasteiger partial charge in [0.2, 0.25) is 0 Å². The molecule has 0 bridgehead atoms. The molecule has 0 aromatic heterocycles. The van der Waals surface area contributed by atoms with Gasteiger partial charge in [-0.25, -0.2) is 0 Å². The number of nitrogens with two attached hydrogens (primary N) is 1. The molecule has 1 rings (SSSR count). The number of rotatable bonds is 2. The molecular formula is C9H9ClF3NO. The fourth-order valence-corrected chi connectivity index (χ4v) is 1.31. The third-order valence-electron chi connectivity index (χ3n) is 1.85. The molecule has 0 aliphatic carbocycles. The van der Waals surface area contributed by atoms with Gasteiger partial charge in [0.15, 0.2) is 0 Å². The van der Waals surface area contributed by atoms with Crippen molar-refractivity contribution in [2.75, 3.05) is 0 Å². The molecule has 1 aromatic rings. The smallest absolute Gasteiger partial charge is 0.390 e. The van der Waals surface area contributed by atoms with E-state index in [1.54, 1.807) is 0 Å². The van der Waals surface area contributed by atoms with Crippen molar-refractivity contribution < 1.29 is 18.3 Å². The first kappa shape index (κ1) is 12.1. The lowest BCUT2D eigenvalue weighted by Gasteiger charge is -2.14. The highest BCUT2D eigenvalue weighted by molar-refractivity contribution is 6.32. The molecule has 15 heavy (non-hydrogen) atoms. The maximum Gasteiger partial charge on any atom is 0.390 e. The monoisotopic (exact) mass is 239 g/mol. The van der Waals surface area contributed by atoms with Gasteiger partial charge in [0.25, 0.3) is 0 Å². The van der Waals surface area contributed by atoms with Crippen LogP contribution < -0.4 is 5.73 Å². The summed E-state index contributed by atoms with van der Waals surface area (Å²) in [6.45, 7) is 0. The molecule has 1 atom stereocenters. The molecule has 0 fully saturated rings. The summed E-state index contributed by atoms with van der Waals surface area (Å²) in [5, 5.41) is 9.05. The topological polar surface area (TPSA) is 46.2 Å². The first-order valence-electron chi connectivity index (χ1n) is 4.10. The predicted molar refractivity (Wildman–Crippen MR) is 50.7 cm³/mol. The number of aromatic hydroxyl groups is 1. The molecule has 0 saturated carbocycles. The van der Waals surface area contributed by atoms with Crippen LogP contribution in [0.3, 0.4) is 0 Å². The third kappa shape index (κ3) is 3.60. The molecule has 6 heteroatoms. The highest BCUT2D eigenvalue weighted by atomic mass is 35.5. The van der Waals surface area contributed by atoms with Crippen molar-refractivity contribution in [3.63, 3.8) is 0 Å². The summed E-state index contributed by atoms with van der Waals surface area (Å²) >= 11 is 5.54. The number of benzene rings is 1. The van der Waals surface area contributed by atoms with Gasteiger partial charge in [-0.3, -0.25) is 0 Å². The van der Waals surface area contributed by atoms with Crippen LogP contribution in [0.1, 0.15) is 18.0 Å². The van der Waals surface area contributed by atoms with Gasteiger partial charge in [0.1, 0.15) is 5.75 Å². The highest BCUT2D eigenvalue weighted by Gasteiger charge is 2.31. The number of alkyl halides is 3. The van der Waals surface area contributed by atoms with Gasteiger partial charge in [-0.2, -0.15) is 13.2 Å². The van der Waals surface area contributed by atoms with Crippen molar-refractivity contribution in [1.82, 2.24) is 0 Å². The summed E-state index contributed by atoms with van der Waals surface area (Å²) in [5.41, 5.74) is 5.59. The fraction of sp³-hybridized carbons (Fsp3) is 0.333. The number of hydrogen-bond acceptors (Lipinski definition) is 2. The van der Waals surface area contributed by atoms with E-state index >= 15 is 0 Å². The lowest BCUT2D eigenvalue weighted by atomic mass is 10.0. The van der Waals surface area contributed by atoms with Crippen molar-refractivity contribution in [1.29, 1.82) is 0 Å². The van der Waals surface area contributed by atoms with E-state index in [9.17, 15) is 13.2 Å². The first-order valence-corrected chi connectivity index (χ1v) is 4.48. The summed E-state index contributed by atoms with van der Waals surface area (Å²) in [6, 6.07) is 2.60. The molecule has 0 unspecified atom stereocenters. The molecule has 84 valence electrons. The summed E-state index contributed by atoms with van der Waals surface area (Å²) in [6.07, 6.45) is -5.43. The molecule has 0 amide bonds. The quantitative estimate of drug-likeness (QED) is 0.833. The zero-order chi connectivity index (χ0) is 11.6. The summed E-state index contributed by atoms with van der Waals surface area (Å²) in [4.78, 5) is 0. The number of hydrogen-bond donors (Lipinski definition) is 2. The Morgan fingerprint density at radius 3 is 2.47 bits per heavy atom. The minimum Gasteiger partial charge on any atom is -0.506 e. The molecule has 0 aliphatic rings. The number of halogens is 4. The van der Waals surface area contributed by atoms with E-state index < -0.39 is 18.6 Å². The highest BCUT2D eigenvalue weighted by Crippen LogP contribution is 2.31. The Morgan fingerprint density at radius 2 is 2.00 bits per heavy atom. The first-order chi connectivity index (χ1) is 6.79. The van der Waals surface area contributed by atoms with Crippen molar-refractivity contribution in [2.45, 2.75) is 18.6 Å². The second-order valence-electron chi connectivity index (χ2n) is 3.14. The number of phenolic OH excluding ortho intramolecular Hbond substituents is 1. The van der Waals surface area contributed by atoms with E-state index in [-0.39, 0.29) is 16.3 Å². The maximum absolute atomic E-state index is 12.0. The van der Waals surface area contributed by atoms with Crippen LogP contribution >= 0.6 is 11.6 Å². The molecule has 0 spiro atoms. The van der Waals surface area contributed by atoms with Crippen LogP contribution in [0.2, 0.25) is 5.02 Å². The van der Waals surface area contributed by atoms with Gasteiger partial charge >= 0.3 is 6.18 Å². The molecule has 0 heterocycles. The van der Waals surface area contributed by atoms with Gasteiger partial charge in [-0.05, 0) is 17.7 Å². The van der Waals surface area contributed by atoms with Gasteiger partial charge in [0, 0.05) is 6.04 Å². The lowest BCUT2D eigenvalue weighted by Crippen LogP contribution is -2.20. The van der Waals surface area contributed by atoms with Crippen molar-refractivity contribution in [2.24, 2.45) is 5.73 Å². The van der Waals surface area contributed by atoms with E-state index in [2.05, 4.69) is 0 Å².